The van der Waals surface area contributed by atoms with Crippen molar-refractivity contribution in [1.82, 2.24) is 14.5 Å². The third kappa shape index (κ3) is 6.25. The fraction of sp³-hybridized carbons (Fsp3) is 0.304. The minimum absolute atomic E-state index is 0.289. The summed E-state index contributed by atoms with van der Waals surface area (Å²) in [4.78, 5) is 27.4. The molecule has 2 amide bonds. The Kier molecular flexibility index (Phi) is 7.79. The average Bonchev–Trinajstić information content (AvgIpc) is 2.78. The standard InChI is InChI=1S/C23H28N4O4S/c1-3-11-24-23(29)20-9-4-5-10-21(20)25-22(28)19-8-6-7-18(16-19)17-26-12-14-27(15-13-26)32(2,30)31/h3-10,16H,1,11-15,17H2,2H3,(H,24,29)(H,25,28). The first kappa shape index (κ1) is 23.6. The average molecular weight is 457 g/mol. The van der Waals surface area contributed by atoms with Crippen molar-refractivity contribution in [1.29, 1.82) is 0 Å². The Bertz CT molecular complexity index is 1090. The van der Waals surface area contributed by atoms with Crippen LogP contribution in [0, 0.1) is 0 Å². The van der Waals surface area contributed by atoms with Gasteiger partial charge in [-0.1, -0.05) is 30.3 Å². The Morgan fingerprint density at radius 1 is 1.03 bits per heavy atom. The number of benzene rings is 2. The Hall–Kier alpha value is -3.01. The van der Waals surface area contributed by atoms with E-state index in [0.29, 0.717) is 56.1 Å². The number of anilines is 1. The van der Waals surface area contributed by atoms with Gasteiger partial charge in [0.1, 0.15) is 0 Å². The summed E-state index contributed by atoms with van der Waals surface area (Å²) >= 11 is 0. The summed E-state index contributed by atoms with van der Waals surface area (Å²) in [5.41, 5.74) is 2.25. The number of hydrogen-bond acceptors (Lipinski definition) is 5. The largest absolute Gasteiger partial charge is 0.349 e. The molecule has 1 saturated heterocycles. The summed E-state index contributed by atoms with van der Waals surface area (Å²) in [6.45, 7) is 6.74. The van der Waals surface area contributed by atoms with Gasteiger partial charge in [-0.3, -0.25) is 14.5 Å². The van der Waals surface area contributed by atoms with Crippen LogP contribution in [0.3, 0.4) is 0 Å². The van der Waals surface area contributed by atoms with Gasteiger partial charge in [-0.25, -0.2) is 8.42 Å². The van der Waals surface area contributed by atoms with E-state index >= 15 is 0 Å². The summed E-state index contributed by atoms with van der Waals surface area (Å²) in [5, 5.41) is 5.54. The highest BCUT2D eigenvalue weighted by Gasteiger charge is 2.23. The first-order valence-electron chi connectivity index (χ1n) is 10.3. The Balaban J connectivity index is 1.65. The highest BCUT2D eigenvalue weighted by molar-refractivity contribution is 7.88. The van der Waals surface area contributed by atoms with Crippen LogP contribution in [0.4, 0.5) is 5.69 Å². The maximum absolute atomic E-state index is 12.9. The number of hydrogen-bond donors (Lipinski definition) is 2. The number of nitrogens with one attached hydrogen (secondary N) is 2. The first-order valence-corrected chi connectivity index (χ1v) is 12.2. The fourth-order valence-corrected chi connectivity index (χ4v) is 4.36. The lowest BCUT2D eigenvalue weighted by Crippen LogP contribution is -2.47. The molecule has 2 aromatic rings. The second-order valence-corrected chi connectivity index (χ2v) is 9.62. The van der Waals surface area contributed by atoms with Crippen molar-refractivity contribution in [3.63, 3.8) is 0 Å². The van der Waals surface area contributed by atoms with Gasteiger partial charge >= 0.3 is 0 Å². The molecule has 0 radical (unpaired) electrons. The number of amides is 2. The smallest absolute Gasteiger partial charge is 0.255 e. The number of rotatable bonds is 8. The summed E-state index contributed by atoms with van der Waals surface area (Å²) in [6, 6.07) is 14.1. The topological polar surface area (TPSA) is 98.8 Å². The molecule has 0 bridgehead atoms. The van der Waals surface area contributed by atoms with Gasteiger partial charge in [-0.15, -0.1) is 6.58 Å². The van der Waals surface area contributed by atoms with Crippen LogP contribution < -0.4 is 10.6 Å². The van der Waals surface area contributed by atoms with Crippen molar-refractivity contribution in [2.75, 3.05) is 44.3 Å². The summed E-state index contributed by atoms with van der Waals surface area (Å²) in [7, 11) is -3.16. The van der Waals surface area contributed by atoms with Crippen molar-refractivity contribution < 1.29 is 18.0 Å². The number of nitrogens with zero attached hydrogens (tertiary/aromatic N) is 2. The molecule has 8 nitrogen and oxygen atoms in total. The molecular weight excluding hydrogens is 428 g/mol. The van der Waals surface area contributed by atoms with Gasteiger partial charge in [0.05, 0.1) is 17.5 Å². The number of carbonyl (C=O) groups excluding carboxylic acids is 2. The normalized spacial score (nSPS) is 15.2. The maximum atomic E-state index is 12.9. The highest BCUT2D eigenvalue weighted by Crippen LogP contribution is 2.18. The molecule has 1 aliphatic rings. The molecule has 2 N–H and O–H groups in total. The molecule has 2 aromatic carbocycles. The molecule has 0 aromatic heterocycles. The van der Waals surface area contributed by atoms with Crippen LogP contribution in [0.5, 0.6) is 0 Å². The van der Waals surface area contributed by atoms with Gasteiger partial charge in [0, 0.05) is 44.8 Å². The van der Waals surface area contributed by atoms with Crippen LogP contribution in [0.1, 0.15) is 26.3 Å². The van der Waals surface area contributed by atoms with Crippen molar-refractivity contribution in [3.8, 4) is 0 Å². The predicted octanol–water partition coefficient (Wildman–Crippen LogP) is 1.93. The number of carbonyl (C=O) groups is 2. The van der Waals surface area contributed by atoms with Crippen LogP contribution in [-0.2, 0) is 16.6 Å². The highest BCUT2D eigenvalue weighted by atomic mass is 32.2. The van der Waals surface area contributed by atoms with Gasteiger partial charge in [0.2, 0.25) is 10.0 Å². The molecule has 3 rings (SSSR count). The molecule has 1 heterocycles. The van der Waals surface area contributed by atoms with E-state index in [1.165, 1.54) is 10.6 Å². The maximum Gasteiger partial charge on any atom is 0.255 e. The van der Waals surface area contributed by atoms with Crippen molar-refractivity contribution in [2.45, 2.75) is 6.54 Å². The van der Waals surface area contributed by atoms with Gasteiger partial charge in [0.25, 0.3) is 11.8 Å². The third-order valence-electron chi connectivity index (χ3n) is 5.22. The Labute approximate surface area is 189 Å². The third-order valence-corrected chi connectivity index (χ3v) is 6.53. The molecule has 0 unspecified atom stereocenters. The molecule has 9 heteroatoms. The van der Waals surface area contributed by atoms with Crippen LogP contribution in [-0.4, -0.2) is 68.4 Å². The van der Waals surface area contributed by atoms with Crippen LogP contribution in [0.25, 0.3) is 0 Å². The van der Waals surface area contributed by atoms with E-state index < -0.39 is 10.0 Å². The molecule has 0 spiro atoms. The van der Waals surface area contributed by atoms with Gasteiger partial charge < -0.3 is 10.6 Å². The zero-order valence-electron chi connectivity index (χ0n) is 18.1. The van der Waals surface area contributed by atoms with E-state index in [1.807, 2.05) is 18.2 Å². The molecule has 1 fully saturated rings. The SMILES string of the molecule is C=CCNC(=O)c1ccccc1NC(=O)c1cccc(CN2CCN(S(C)(=O)=O)CC2)c1. The minimum atomic E-state index is -3.16. The fourth-order valence-electron chi connectivity index (χ4n) is 3.53. The molecule has 0 atom stereocenters. The number of piperazine rings is 1. The van der Waals surface area contributed by atoms with Crippen molar-refractivity contribution in [3.05, 3.63) is 77.9 Å². The lowest BCUT2D eigenvalue weighted by Gasteiger charge is -2.33. The van der Waals surface area contributed by atoms with E-state index in [1.54, 1.807) is 36.4 Å². The number of para-hydroxylation sites is 1. The molecule has 170 valence electrons. The summed E-state index contributed by atoms with van der Waals surface area (Å²) in [6.07, 6.45) is 2.82. The van der Waals surface area contributed by atoms with Gasteiger partial charge in [-0.05, 0) is 29.8 Å². The molecule has 32 heavy (non-hydrogen) atoms. The summed E-state index contributed by atoms with van der Waals surface area (Å²) < 4.78 is 24.8. The Morgan fingerprint density at radius 3 is 2.44 bits per heavy atom. The van der Waals surface area contributed by atoms with Crippen LogP contribution >= 0.6 is 0 Å². The lowest BCUT2D eigenvalue weighted by molar-refractivity contribution is 0.0959. The van der Waals surface area contributed by atoms with Crippen molar-refractivity contribution in [2.24, 2.45) is 0 Å². The predicted molar refractivity (Wildman–Crippen MR) is 125 cm³/mol. The monoisotopic (exact) mass is 456 g/mol. The number of sulfonamides is 1. The molecular formula is C23H28N4O4S. The van der Waals surface area contributed by atoms with E-state index in [0.717, 1.165) is 5.56 Å². The van der Waals surface area contributed by atoms with E-state index in [9.17, 15) is 18.0 Å². The zero-order chi connectivity index (χ0) is 23.1. The van der Waals surface area contributed by atoms with E-state index in [-0.39, 0.29) is 11.8 Å². The second-order valence-electron chi connectivity index (χ2n) is 7.64. The molecule has 0 aliphatic carbocycles. The lowest BCUT2D eigenvalue weighted by atomic mass is 10.1. The summed E-state index contributed by atoms with van der Waals surface area (Å²) in [5.74, 6) is -0.597. The van der Waals surface area contributed by atoms with E-state index in [4.69, 9.17) is 0 Å². The van der Waals surface area contributed by atoms with Gasteiger partial charge in [0.15, 0.2) is 0 Å². The van der Waals surface area contributed by atoms with E-state index in [2.05, 4.69) is 22.1 Å². The second kappa shape index (κ2) is 10.5. The first-order chi connectivity index (χ1) is 15.3. The Morgan fingerprint density at radius 2 is 1.75 bits per heavy atom. The van der Waals surface area contributed by atoms with Crippen LogP contribution in [0.2, 0.25) is 0 Å². The van der Waals surface area contributed by atoms with Crippen LogP contribution in [0.15, 0.2) is 61.2 Å². The minimum Gasteiger partial charge on any atom is -0.349 e. The van der Waals surface area contributed by atoms with Crippen molar-refractivity contribution >= 4 is 27.5 Å². The zero-order valence-corrected chi connectivity index (χ0v) is 18.9. The quantitative estimate of drug-likeness (QED) is 0.592. The van der Waals surface area contributed by atoms with Gasteiger partial charge in [-0.2, -0.15) is 4.31 Å². The molecule has 1 aliphatic heterocycles. The molecule has 0 saturated carbocycles.